The fraction of sp³-hybridized carbons (Fsp3) is 0.143. The Balaban J connectivity index is 0.000000125. The maximum absolute atomic E-state index is 6.35. The van der Waals surface area contributed by atoms with E-state index in [2.05, 4.69) is 147 Å². The molecule has 0 saturated heterocycles. The second kappa shape index (κ2) is 9.22. The minimum atomic E-state index is -0.0498. The van der Waals surface area contributed by atoms with Crippen molar-refractivity contribution in [1.82, 2.24) is 0 Å². The average molecular weight is 648 g/mol. The van der Waals surface area contributed by atoms with Gasteiger partial charge in [0.25, 0.3) is 0 Å². The van der Waals surface area contributed by atoms with Crippen LogP contribution in [0.1, 0.15) is 49.9 Å². The molecule has 0 aliphatic heterocycles. The second-order valence-corrected chi connectivity index (χ2v) is 14.2. The number of rotatable bonds is 0. The van der Waals surface area contributed by atoms with Gasteiger partial charge in [-0.15, -0.1) is 0 Å². The highest BCUT2D eigenvalue weighted by molar-refractivity contribution is 9.10. The van der Waals surface area contributed by atoms with Crippen molar-refractivity contribution in [3.63, 3.8) is 0 Å². The highest BCUT2D eigenvalue weighted by Gasteiger charge is 2.39. The molecule has 2 aromatic heterocycles. The molecule has 218 valence electrons. The number of para-hydroxylation sites is 2. The molecule has 2 heterocycles. The molecule has 0 unspecified atom stereocenters. The lowest BCUT2D eigenvalue weighted by Crippen LogP contribution is -2.15. The van der Waals surface area contributed by atoms with Crippen LogP contribution in [0.2, 0.25) is 0 Å². The first-order chi connectivity index (χ1) is 21.8. The van der Waals surface area contributed by atoms with Crippen LogP contribution < -0.4 is 0 Å². The summed E-state index contributed by atoms with van der Waals surface area (Å²) in [5.74, 6) is 0. The fourth-order valence-electron chi connectivity index (χ4n) is 8.10. The zero-order valence-electron chi connectivity index (χ0n) is 25.7. The van der Waals surface area contributed by atoms with E-state index in [-0.39, 0.29) is 10.8 Å². The van der Waals surface area contributed by atoms with Crippen molar-refractivity contribution in [1.29, 1.82) is 0 Å². The Morgan fingerprint density at radius 1 is 0.422 bits per heavy atom. The normalized spacial score (nSPS) is 15.1. The summed E-state index contributed by atoms with van der Waals surface area (Å²) in [6.07, 6.45) is 0. The van der Waals surface area contributed by atoms with Crippen LogP contribution in [0.25, 0.3) is 66.1 Å². The topological polar surface area (TPSA) is 26.3 Å². The van der Waals surface area contributed by atoms with Crippen LogP contribution in [0.3, 0.4) is 0 Å². The monoisotopic (exact) mass is 646 g/mol. The van der Waals surface area contributed by atoms with Crippen molar-refractivity contribution in [2.24, 2.45) is 0 Å². The number of halogens is 1. The predicted molar refractivity (Wildman–Crippen MR) is 190 cm³/mol. The molecule has 2 nitrogen and oxygen atoms in total. The Morgan fingerprint density at radius 2 is 0.911 bits per heavy atom. The molecule has 0 atom stereocenters. The smallest absolute Gasteiger partial charge is 0.149 e. The first-order valence-electron chi connectivity index (χ1n) is 15.6. The Bertz CT molecular complexity index is 2510. The van der Waals surface area contributed by atoms with Crippen LogP contribution in [-0.4, -0.2) is 0 Å². The number of benzene rings is 6. The second-order valence-electron chi connectivity index (χ2n) is 13.4. The zero-order valence-corrected chi connectivity index (χ0v) is 27.3. The van der Waals surface area contributed by atoms with E-state index in [1.54, 1.807) is 0 Å². The van der Waals surface area contributed by atoms with Crippen LogP contribution in [0.15, 0.2) is 129 Å². The summed E-state index contributed by atoms with van der Waals surface area (Å²) in [7, 11) is 0. The SMILES string of the molecule is CC1(C)c2ccccc2-c2ccc3c(oc4c(Br)cccc43)c21.CC1(C)c2ccccc2-c2ccc3c(oc4ccccc43)c21. The standard InChI is InChI=1S/C21H15BrO.C21H16O/c1-21(2)16-8-4-3-6-12(16)13-10-11-15-14-7-5-9-17(22)19(14)23-20(15)18(13)21;1-21(2)17-9-5-3-7-13(17)15-11-12-16-14-8-4-6-10-18(14)22-20(16)19(15)21/h3-11H,1-2H3;3-12H,1-2H3. The van der Waals surface area contributed by atoms with Gasteiger partial charge in [0, 0.05) is 43.5 Å². The Labute approximate surface area is 270 Å². The third-order valence-corrected chi connectivity index (χ3v) is 10.8. The van der Waals surface area contributed by atoms with Crippen molar-refractivity contribution in [3.8, 4) is 22.3 Å². The summed E-state index contributed by atoms with van der Waals surface area (Å²) in [5, 5.41) is 4.78. The van der Waals surface area contributed by atoms with E-state index in [1.165, 1.54) is 66.1 Å². The Morgan fingerprint density at radius 3 is 1.56 bits per heavy atom. The van der Waals surface area contributed by atoms with Gasteiger partial charge in [0.2, 0.25) is 0 Å². The fourth-order valence-corrected chi connectivity index (χ4v) is 8.55. The zero-order chi connectivity index (χ0) is 30.7. The first kappa shape index (κ1) is 26.8. The van der Waals surface area contributed by atoms with Crippen molar-refractivity contribution in [3.05, 3.63) is 142 Å². The number of furan rings is 2. The van der Waals surface area contributed by atoms with Gasteiger partial charge < -0.3 is 8.83 Å². The van der Waals surface area contributed by atoms with Crippen LogP contribution in [0, 0.1) is 0 Å². The molecule has 2 aliphatic carbocycles. The van der Waals surface area contributed by atoms with E-state index in [0.717, 1.165) is 26.8 Å². The minimum Gasteiger partial charge on any atom is -0.456 e. The van der Waals surface area contributed by atoms with Gasteiger partial charge in [-0.2, -0.15) is 0 Å². The Kier molecular flexibility index (Phi) is 5.48. The molecule has 0 radical (unpaired) electrons. The van der Waals surface area contributed by atoms with Crippen molar-refractivity contribution in [2.75, 3.05) is 0 Å². The van der Waals surface area contributed by atoms with Gasteiger partial charge in [0.15, 0.2) is 0 Å². The maximum Gasteiger partial charge on any atom is 0.149 e. The van der Waals surface area contributed by atoms with Crippen molar-refractivity contribution in [2.45, 2.75) is 38.5 Å². The van der Waals surface area contributed by atoms with Gasteiger partial charge in [-0.3, -0.25) is 0 Å². The van der Waals surface area contributed by atoms with Crippen molar-refractivity contribution < 1.29 is 8.83 Å². The molecule has 0 saturated carbocycles. The molecule has 0 fully saturated rings. The van der Waals surface area contributed by atoms with E-state index in [9.17, 15) is 0 Å². The van der Waals surface area contributed by atoms with Gasteiger partial charge in [-0.25, -0.2) is 0 Å². The summed E-state index contributed by atoms with van der Waals surface area (Å²) in [6.45, 7) is 9.17. The average Bonchev–Trinajstić information content (AvgIpc) is 3.75. The molecular formula is C42H31BrO2. The summed E-state index contributed by atoms with van der Waals surface area (Å²) >= 11 is 3.62. The van der Waals surface area contributed by atoms with Crippen LogP contribution in [-0.2, 0) is 10.8 Å². The molecule has 0 spiro atoms. The maximum atomic E-state index is 6.35. The first-order valence-corrected chi connectivity index (χ1v) is 16.3. The third kappa shape index (κ3) is 3.56. The van der Waals surface area contributed by atoms with E-state index >= 15 is 0 Å². The highest BCUT2D eigenvalue weighted by atomic mass is 79.9. The van der Waals surface area contributed by atoms with Crippen LogP contribution in [0.5, 0.6) is 0 Å². The predicted octanol–water partition coefficient (Wildman–Crippen LogP) is 12.5. The summed E-state index contributed by atoms with van der Waals surface area (Å²) in [4.78, 5) is 0. The molecule has 45 heavy (non-hydrogen) atoms. The van der Waals surface area contributed by atoms with Gasteiger partial charge in [-0.05, 0) is 73.6 Å². The van der Waals surface area contributed by atoms with Gasteiger partial charge in [0.1, 0.15) is 22.3 Å². The van der Waals surface area contributed by atoms with E-state index in [1.807, 2.05) is 12.1 Å². The van der Waals surface area contributed by atoms with Crippen LogP contribution >= 0.6 is 15.9 Å². The van der Waals surface area contributed by atoms with Gasteiger partial charge in [-0.1, -0.05) is 119 Å². The number of fused-ring (bicyclic) bond motifs is 14. The molecular weight excluding hydrogens is 616 g/mol. The lowest BCUT2D eigenvalue weighted by molar-refractivity contribution is 0.619. The molecule has 0 amide bonds. The molecule has 0 N–H and O–H groups in total. The number of hydrogen-bond acceptors (Lipinski definition) is 2. The lowest BCUT2D eigenvalue weighted by Gasteiger charge is -2.21. The van der Waals surface area contributed by atoms with Crippen LogP contribution in [0.4, 0.5) is 0 Å². The molecule has 10 rings (SSSR count). The molecule has 8 aromatic rings. The number of hydrogen-bond donors (Lipinski definition) is 0. The Hall–Kier alpha value is -4.60. The summed E-state index contributed by atoms with van der Waals surface area (Å²) in [6, 6.07) is 40.8. The van der Waals surface area contributed by atoms with E-state index in [0.29, 0.717) is 0 Å². The third-order valence-electron chi connectivity index (χ3n) is 10.2. The van der Waals surface area contributed by atoms with E-state index < -0.39 is 0 Å². The highest BCUT2D eigenvalue weighted by Crippen LogP contribution is 2.54. The minimum absolute atomic E-state index is 0.0285. The molecule has 0 bridgehead atoms. The van der Waals surface area contributed by atoms with Gasteiger partial charge in [0.05, 0.1) is 4.47 Å². The summed E-state index contributed by atoms with van der Waals surface area (Å²) in [5.41, 5.74) is 14.6. The lowest BCUT2D eigenvalue weighted by atomic mass is 9.82. The van der Waals surface area contributed by atoms with Crippen molar-refractivity contribution >= 4 is 59.8 Å². The molecule has 2 aliphatic rings. The quantitative estimate of drug-likeness (QED) is 0.164. The van der Waals surface area contributed by atoms with E-state index in [4.69, 9.17) is 8.83 Å². The largest absolute Gasteiger partial charge is 0.456 e. The molecule has 6 aromatic carbocycles. The molecule has 3 heteroatoms. The van der Waals surface area contributed by atoms with Gasteiger partial charge >= 0.3 is 0 Å². The summed E-state index contributed by atoms with van der Waals surface area (Å²) < 4.78 is 13.6.